The first-order chi connectivity index (χ1) is 7.52. The lowest BCUT2D eigenvalue weighted by Gasteiger charge is -2.13. The predicted octanol–water partition coefficient (Wildman–Crippen LogP) is 2.49. The largest absolute Gasteiger partial charge is 0.397 e. The van der Waals surface area contributed by atoms with Crippen LogP contribution in [0.25, 0.3) is 0 Å². The van der Waals surface area contributed by atoms with Crippen molar-refractivity contribution in [3.05, 3.63) is 23.2 Å². The zero-order valence-corrected chi connectivity index (χ0v) is 11.1. The highest BCUT2D eigenvalue weighted by atomic mass is 35.5. The first-order valence-electron chi connectivity index (χ1n) is 5.12. The number of hydrogen-bond acceptors (Lipinski definition) is 3. The van der Waals surface area contributed by atoms with Gasteiger partial charge in [0, 0.05) is 28.9 Å². The molecule has 2 unspecified atom stereocenters. The van der Waals surface area contributed by atoms with Crippen LogP contribution in [0.2, 0.25) is 5.02 Å². The maximum absolute atomic E-state index is 11.2. The zero-order valence-electron chi connectivity index (χ0n) is 9.50. The lowest BCUT2D eigenvalue weighted by molar-refractivity contribution is 0.672. The van der Waals surface area contributed by atoms with E-state index in [1.54, 1.807) is 18.4 Å². The molecule has 3 nitrogen and oxygen atoms in total. The first kappa shape index (κ1) is 13.3. The van der Waals surface area contributed by atoms with Crippen molar-refractivity contribution in [2.45, 2.75) is 18.6 Å². The van der Waals surface area contributed by atoms with Crippen molar-refractivity contribution in [1.29, 1.82) is 0 Å². The second-order valence-corrected chi connectivity index (χ2v) is 5.94. The van der Waals surface area contributed by atoms with E-state index in [1.165, 1.54) is 0 Å². The highest BCUT2D eigenvalue weighted by Gasteiger charge is 2.07. The lowest BCUT2D eigenvalue weighted by atomic mass is 10.2. The summed E-state index contributed by atoms with van der Waals surface area (Å²) in [7, 11) is -0.783. The Kier molecular flexibility index (Phi) is 5.09. The van der Waals surface area contributed by atoms with Gasteiger partial charge in [0.1, 0.15) is 0 Å². The van der Waals surface area contributed by atoms with Crippen LogP contribution in [0.3, 0.4) is 0 Å². The van der Waals surface area contributed by atoms with Gasteiger partial charge >= 0.3 is 0 Å². The highest BCUT2D eigenvalue weighted by Crippen LogP contribution is 2.27. The second kappa shape index (κ2) is 6.11. The Morgan fingerprint density at radius 2 is 2.25 bits per heavy atom. The Morgan fingerprint density at radius 1 is 1.56 bits per heavy atom. The average Bonchev–Trinajstić information content (AvgIpc) is 2.22. The van der Waals surface area contributed by atoms with Crippen LogP contribution in [-0.4, -0.2) is 22.3 Å². The van der Waals surface area contributed by atoms with Crippen molar-refractivity contribution < 1.29 is 4.21 Å². The SMILES string of the molecule is CC(CCNc1c(N)cccc1Cl)S(C)=O. The molecule has 3 N–H and O–H groups in total. The third kappa shape index (κ3) is 3.68. The molecule has 0 aliphatic carbocycles. The van der Waals surface area contributed by atoms with Crippen LogP contribution in [0.15, 0.2) is 18.2 Å². The Labute approximate surface area is 104 Å². The molecule has 0 heterocycles. The molecule has 1 aromatic carbocycles. The molecule has 0 saturated heterocycles. The fraction of sp³-hybridized carbons (Fsp3) is 0.455. The van der Waals surface area contributed by atoms with E-state index in [1.807, 2.05) is 13.0 Å². The van der Waals surface area contributed by atoms with Gasteiger partial charge in [0.15, 0.2) is 0 Å². The molecule has 0 fully saturated rings. The van der Waals surface area contributed by atoms with Crippen molar-refractivity contribution in [1.82, 2.24) is 0 Å². The van der Waals surface area contributed by atoms with E-state index in [0.29, 0.717) is 17.3 Å². The van der Waals surface area contributed by atoms with Crippen molar-refractivity contribution in [2.75, 3.05) is 23.9 Å². The molecule has 0 saturated carbocycles. The summed E-state index contributed by atoms with van der Waals surface area (Å²) in [5.41, 5.74) is 7.19. The van der Waals surface area contributed by atoms with Gasteiger partial charge in [0.25, 0.3) is 0 Å². The monoisotopic (exact) mass is 260 g/mol. The van der Waals surface area contributed by atoms with E-state index in [-0.39, 0.29) is 5.25 Å². The summed E-state index contributed by atoms with van der Waals surface area (Å²) in [6.45, 7) is 2.68. The van der Waals surface area contributed by atoms with Gasteiger partial charge in [-0.05, 0) is 18.6 Å². The molecule has 0 aliphatic rings. The predicted molar refractivity (Wildman–Crippen MR) is 72.5 cm³/mol. The van der Waals surface area contributed by atoms with Gasteiger partial charge < -0.3 is 11.1 Å². The smallest absolute Gasteiger partial charge is 0.0763 e. The number of nitrogens with two attached hydrogens (primary N) is 1. The van der Waals surface area contributed by atoms with Gasteiger partial charge in [-0.1, -0.05) is 24.6 Å². The molecule has 1 aromatic rings. The standard InChI is InChI=1S/C11H17ClN2OS/c1-8(16(2)15)6-7-14-11-9(12)4-3-5-10(11)13/h3-5,8,14H,6-7,13H2,1-2H3. The lowest BCUT2D eigenvalue weighted by Crippen LogP contribution is -2.15. The number of halogens is 1. The summed E-state index contributed by atoms with van der Waals surface area (Å²) in [6, 6.07) is 5.41. The number of hydrogen-bond donors (Lipinski definition) is 2. The maximum atomic E-state index is 11.2. The molecule has 16 heavy (non-hydrogen) atoms. The Bertz CT molecular complexity index is 364. The van der Waals surface area contributed by atoms with Crippen LogP contribution in [-0.2, 0) is 10.8 Å². The normalized spacial score (nSPS) is 14.4. The van der Waals surface area contributed by atoms with Crippen molar-refractivity contribution in [2.24, 2.45) is 0 Å². The Morgan fingerprint density at radius 3 is 2.81 bits per heavy atom. The summed E-state index contributed by atoms with van der Waals surface area (Å²) in [5, 5.41) is 3.97. The van der Waals surface area contributed by atoms with Crippen LogP contribution in [0.5, 0.6) is 0 Å². The van der Waals surface area contributed by atoms with E-state index in [2.05, 4.69) is 5.32 Å². The maximum Gasteiger partial charge on any atom is 0.0763 e. The van der Waals surface area contributed by atoms with Crippen LogP contribution < -0.4 is 11.1 Å². The second-order valence-electron chi connectivity index (χ2n) is 3.73. The third-order valence-electron chi connectivity index (χ3n) is 2.47. The first-order valence-corrected chi connectivity index (χ1v) is 7.12. The molecular formula is C11H17ClN2OS. The summed E-state index contributed by atoms with van der Waals surface area (Å²) in [4.78, 5) is 0. The fourth-order valence-corrected chi connectivity index (χ4v) is 1.99. The van der Waals surface area contributed by atoms with Crippen LogP contribution >= 0.6 is 11.6 Å². The zero-order chi connectivity index (χ0) is 12.1. The fourth-order valence-electron chi connectivity index (χ4n) is 1.29. The van der Waals surface area contributed by atoms with Crippen molar-refractivity contribution in [3.8, 4) is 0 Å². The number of rotatable bonds is 5. The number of nitrogen functional groups attached to an aromatic ring is 1. The Hall–Kier alpha value is -0.740. The molecule has 0 radical (unpaired) electrons. The molecule has 2 atom stereocenters. The van der Waals surface area contributed by atoms with Gasteiger partial charge in [-0.2, -0.15) is 0 Å². The summed E-state index contributed by atoms with van der Waals surface area (Å²) in [6.07, 6.45) is 2.54. The van der Waals surface area contributed by atoms with E-state index in [9.17, 15) is 4.21 Å². The number of nitrogens with one attached hydrogen (secondary N) is 1. The number of anilines is 2. The van der Waals surface area contributed by atoms with Crippen LogP contribution in [0.4, 0.5) is 11.4 Å². The molecule has 0 bridgehead atoms. The average molecular weight is 261 g/mol. The molecule has 0 aliphatic heterocycles. The quantitative estimate of drug-likeness (QED) is 0.800. The Balaban J connectivity index is 2.52. The minimum Gasteiger partial charge on any atom is -0.397 e. The highest BCUT2D eigenvalue weighted by molar-refractivity contribution is 7.84. The molecule has 1 rings (SSSR count). The van der Waals surface area contributed by atoms with E-state index >= 15 is 0 Å². The third-order valence-corrected chi connectivity index (χ3v) is 4.15. The van der Waals surface area contributed by atoms with E-state index in [4.69, 9.17) is 17.3 Å². The van der Waals surface area contributed by atoms with E-state index in [0.717, 1.165) is 12.1 Å². The van der Waals surface area contributed by atoms with Crippen LogP contribution in [0.1, 0.15) is 13.3 Å². The van der Waals surface area contributed by atoms with Gasteiger partial charge in [-0.15, -0.1) is 0 Å². The topological polar surface area (TPSA) is 55.1 Å². The van der Waals surface area contributed by atoms with Crippen molar-refractivity contribution >= 4 is 33.8 Å². The van der Waals surface area contributed by atoms with Gasteiger partial charge in [0.05, 0.1) is 16.4 Å². The van der Waals surface area contributed by atoms with Gasteiger partial charge in [0.2, 0.25) is 0 Å². The molecule has 0 amide bonds. The number of benzene rings is 1. The summed E-state index contributed by atoms with van der Waals surface area (Å²) < 4.78 is 11.2. The number of para-hydroxylation sites is 1. The van der Waals surface area contributed by atoms with E-state index < -0.39 is 10.8 Å². The molecule has 0 aromatic heterocycles. The summed E-state index contributed by atoms with van der Waals surface area (Å²) in [5.74, 6) is 0. The minimum absolute atomic E-state index is 0.177. The van der Waals surface area contributed by atoms with Gasteiger partial charge in [-0.3, -0.25) is 4.21 Å². The van der Waals surface area contributed by atoms with Gasteiger partial charge in [-0.25, -0.2) is 0 Å². The molecule has 5 heteroatoms. The molecular weight excluding hydrogens is 244 g/mol. The van der Waals surface area contributed by atoms with Crippen molar-refractivity contribution in [3.63, 3.8) is 0 Å². The molecule has 0 spiro atoms. The minimum atomic E-state index is -0.783. The van der Waals surface area contributed by atoms with Crippen LogP contribution in [0, 0.1) is 0 Å². The summed E-state index contributed by atoms with van der Waals surface area (Å²) >= 11 is 6.00. The molecule has 90 valence electrons.